The summed E-state index contributed by atoms with van der Waals surface area (Å²) in [4.78, 5) is 14.4. The summed E-state index contributed by atoms with van der Waals surface area (Å²) in [6.07, 6.45) is 14.6. The van der Waals surface area contributed by atoms with E-state index >= 15 is 0 Å². The minimum atomic E-state index is -1.53. The number of hydrogen-bond donors (Lipinski definition) is 7. The van der Waals surface area contributed by atoms with E-state index in [-0.39, 0.29) is 48.1 Å². The van der Waals surface area contributed by atoms with Gasteiger partial charge in [0, 0.05) is 11.3 Å². The number of aliphatic hydroxyl groups excluding tert-OH is 3. The molecule has 52 heavy (non-hydrogen) atoms. The van der Waals surface area contributed by atoms with Gasteiger partial charge in [0.25, 0.3) is 0 Å². The molecule has 2 aliphatic heterocycles. The molecule has 0 aromatic carbocycles. The summed E-state index contributed by atoms with van der Waals surface area (Å²) in [6.45, 7) is 9.10. The second-order valence-corrected chi connectivity index (χ2v) is 19.8. The van der Waals surface area contributed by atoms with Crippen molar-refractivity contribution in [3.05, 3.63) is 23.8 Å². The molecule has 6 aliphatic carbocycles. The number of carbonyl (C=O) groups is 1. The molecule has 19 unspecified atom stereocenters. The van der Waals surface area contributed by atoms with E-state index in [1.807, 2.05) is 0 Å². The average Bonchev–Trinajstić information content (AvgIpc) is 3.39. The molecule has 0 amide bonds. The number of nitrogens with two attached hydrogens (primary N) is 1. The molecule has 9 nitrogen and oxygen atoms in total. The van der Waals surface area contributed by atoms with Crippen molar-refractivity contribution in [2.75, 3.05) is 6.54 Å². The Balaban J connectivity index is 1.12. The third-order valence-corrected chi connectivity index (χ3v) is 17.3. The number of fused-ring (bicyclic) bond motifs is 3. The fourth-order valence-electron chi connectivity index (χ4n) is 14.5. The molecule has 0 radical (unpaired) electrons. The molecule has 19 atom stereocenters. The Morgan fingerprint density at radius 2 is 1.79 bits per heavy atom. The first-order valence-corrected chi connectivity index (χ1v) is 21.2. The van der Waals surface area contributed by atoms with Gasteiger partial charge < -0.3 is 41.3 Å². The first-order valence-electron chi connectivity index (χ1n) is 21.2. The molecule has 6 fully saturated rings. The van der Waals surface area contributed by atoms with Crippen molar-refractivity contribution < 1.29 is 35.1 Å². The highest BCUT2D eigenvalue weighted by Crippen LogP contribution is 2.72. The van der Waals surface area contributed by atoms with E-state index in [1.165, 1.54) is 19.3 Å². The van der Waals surface area contributed by atoms with Gasteiger partial charge in [-0.15, -0.1) is 0 Å². The van der Waals surface area contributed by atoms with E-state index in [9.17, 15) is 30.3 Å². The van der Waals surface area contributed by atoms with Gasteiger partial charge in [0.15, 0.2) is 5.78 Å². The number of aliphatic hydroxyl groups is 5. The largest absolute Gasteiger partial charge is 0.390 e. The van der Waals surface area contributed by atoms with Gasteiger partial charge >= 0.3 is 0 Å². The van der Waals surface area contributed by atoms with Gasteiger partial charge in [-0.25, -0.2) is 0 Å². The molecule has 9 heteroatoms. The van der Waals surface area contributed by atoms with Crippen LogP contribution >= 0.6 is 0 Å². The van der Waals surface area contributed by atoms with E-state index in [0.717, 1.165) is 56.6 Å². The predicted molar refractivity (Wildman–Crippen MR) is 198 cm³/mol. The molecule has 4 saturated carbocycles. The lowest BCUT2D eigenvalue weighted by atomic mass is 9.42. The number of allylic oxidation sites excluding steroid dienone is 3. The first kappa shape index (κ1) is 37.7. The molecule has 8 aliphatic rings. The van der Waals surface area contributed by atoms with Crippen LogP contribution in [0.4, 0.5) is 0 Å². The highest BCUT2D eigenvalue weighted by molar-refractivity contribution is 5.95. The lowest BCUT2D eigenvalue weighted by Crippen LogP contribution is -2.66. The summed E-state index contributed by atoms with van der Waals surface area (Å²) in [7, 11) is 0. The zero-order valence-corrected chi connectivity index (χ0v) is 32.1. The van der Waals surface area contributed by atoms with E-state index in [4.69, 9.17) is 10.5 Å². The van der Waals surface area contributed by atoms with Gasteiger partial charge in [0.05, 0.1) is 41.8 Å². The lowest BCUT2D eigenvalue weighted by molar-refractivity contribution is -0.203. The Kier molecular flexibility index (Phi) is 9.79. The van der Waals surface area contributed by atoms with Crippen molar-refractivity contribution in [3.8, 4) is 0 Å². The molecular weight excluding hydrogens is 656 g/mol. The fourth-order valence-corrected chi connectivity index (χ4v) is 14.5. The van der Waals surface area contributed by atoms with E-state index in [2.05, 4.69) is 38.2 Å². The summed E-state index contributed by atoms with van der Waals surface area (Å²) in [6, 6.07) is 0. The third kappa shape index (κ3) is 5.63. The van der Waals surface area contributed by atoms with Gasteiger partial charge in [-0.05, 0) is 149 Å². The van der Waals surface area contributed by atoms with Crippen molar-refractivity contribution in [1.29, 1.82) is 0 Å². The van der Waals surface area contributed by atoms with Crippen LogP contribution in [0.15, 0.2) is 23.8 Å². The number of piperidine rings is 1. The van der Waals surface area contributed by atoms with E-state index < -0.39 is 58.3 Å². The summed E-state index contributed by atoms with van der Waals surface area (Å²) < 4.78 is 6.72. The minimum absolute atomic E-state index is 0.0186. The lowest BCUT2D eigenvalue weighted by Gasteiger charge is -2.63. The molecule has 8 N–H and O–H groups in total. The van der Waals surface area contributed by atoms with E-state index in [0.29, 0.717) is 37.5 Å². The molecule has 292 valence electrons. The molecule has 0 bridgehead atoms. The molecule has 0 aromatic heterocycles. The number of nitrogens with one attached hydrogen (secondary N) is 1. The van der Waals surface area contributed by atoms with E-state index in [1.54, 1.807) is 13.0 Å². The molecule has 8 rings (SSSR count). The smallest absolute Gasteiger partial charge is 0.159 e. The summed E-state index contributed by atoms with van der Waals surface area (Å²) in [5.41, 5.74) is 2.66. The van der Waals surface area contributed by atoms with Crippen LogP contribution in [0, 0.1) is 64.1 Å². The Bertz CT molecular complexity index is 1430. The van der Waals surface area contributed by atoms with Crippen molar-refractivity contribution in [2.24, 2.45) is 69.8 Å². The zero-order valence-electron chi connectivity index (χ0n) is 32.1. The van der Waals surface area contributed by atoms with Crippen LogP contribution < -0.4 is 11.1 Å². The van der Waals surface area contributed by atoms with Gasteiger partial charge in [0.2, 0.25) is 0 Å². The molecule has 1 spiro atoms. The standard InChI is InChI=1S/C43H68N2O7/c1-5-6-24-7-12-28-23(2)38(52-34(28)13-8-24)39(49)41(4,50)35-15-16-43(51)30-18-31(46)29-17-32(47)33(48)21-42(29)20-25(27-11-14-36(44)45-22-27)9-10-26(37(30)42)19-40(35,43)3/h9-10,18,23-29,32-39,45,47-51H,5-8,11-17,19-22,44H2,1-4H3. The van der Waals surface area contributed by atoms with Crippen LogP contribution in [-0.4, -0.2) is 85.7 Å². The van der Waals surface area contributed by atoms with Crippen LogP contribution in [0.25, 0.3) is 0 Å². The topological polar surface area (TPSA) is 166 Å². The second kappa shape index (κ2) is 13.5. The molecular formula is C43H68N2O7. The molecule has 2 heterocycles. The van der Waals surface area contributed by atoms with Crippen LogP contribution in [0.5, 0.6) is 0 Å². The van der Waals surface area contributed by atoms with Crippen molar-refractivity contribution >= 4 is 5.78 Å². The van der Waals surface area contributed by atoms with Crippen LogP contribution in [0.2, 0.25) is 0 Å². The SMILES string of the molecule is CCCC1CCC2OC(C(O)C(C)(O)C3CCC4(O)C5=CC(=O)C6CC(O)C(O)CC67CC(C6CCC(N)NC6)C=CC(CC34C)C57)C(C)C2CC1. The summed E-state index contributed by atoms with van der Waals surface area (Å²) in [5, 5.41) is 63.8. The quantitative estimate of drug-likeness (QED) is 0.197. The maximum Gasteiger partial charge on any atom is 0.159 e. The number of ether oxygens (including phenoxy) is 1. The first-order chi connectivity index (χ1) is 24.6. The maximum absolute atomic E-state index is 14.4. The highest BCUT2D eigenvalue weighted by atomic mass is 16.5. The van der Waals surface area contributed by atoms with Crippen molar-refractivity contribution in [1.82, 2.24) is 5.32 Å². The number of hydrogen-bond acceptors (Lipinski definition) is 9. The zero-order chi connectivity index (χ0) is 37.0. The number of carbonyl (C=O) groups excluding carboxylic acids is 1. The normalized spacial score (nSPS) is 53.3. The number of rotatable bonds is 6. The van der Waals surface area contributed by atoms with Gasteiger partial charge in [-0.1, -0.05) is 52.2 Å². The Morgan fingerprint density at radius 3 is 2.52 bits per heavy atom. The van der Waals surface area contributed by atoms with Crippen molar-refractivity contribution in [3.63, 3.8) is 0 Å². The predicted octanol–water partition coefficient (Wildman–Crippen LogP) is 4.38. The third-order valence-electron chi connectivity index (χ3n) is 17.3. The van der Waals surface area contributed by atoms with Crippen molar-refractivity contribution in [2.45, 2.75) is 165 Å². The molecule has 2 saturated heterocycles. The second-order valence-electron chi connectivity index (χ2n) is 19.8. The fraction of sp³-hybridized carbons (Fsp3) is 0.884. The van der Waals surface area contributed by atoms with Gasteiger partial charge in [0.1, 0.15) is 6.10 Å². The monoisotopic (exact) mass is 725 g/mol. The van der Waals surface area contributed by atoms with Gasteiger partial charge in [-0.2, -0.15) is 0 Å². The Morgan fingerprint density at radius 1 is 1.04 bits per heavy atom. The van der Waals surface area contributed by atoms with Crippen LogP contribution in [0.1, 0.15) is 118 Å². The Labute approximate surface area is 311 Å². The Hall–Kier alpha value is -1.17. The highest BCUT2D eigenvalue weighted by Gasteiger charge is 2.72. The summed E-state index contributed by atoms with van der Waals surface area (Å²) >= 11 is 0. The molecule has 0 aromatic rings. The van der Waals surface area contributed by atoms with Gasteiger partial charge in [-0.3, -0.25) is 4.79 Å². The minimum Gasteiger partial charge on any atom is -0.390 e. The number of ketones is 1. The summed E-state index contributed by atoms with van der Waals surface area (Å²) in [5.74, 6) is 0.619. The average molecular weight is 725 g/mol. The van der Waals surface area contributed by atoms with Crippen LogP contribution in [-0.2, 0) is 9.53 Å². The maximum atomic E-state index is 14.4. The van der Waals surface area contributed by atoms with Crippen LogP contribution in [0.3, 0.4) is 0 Å².